The summed E-state index contributed by atoms with van der Waals surface area (Å²) in [6, 6.07) is 20.2. The minimum absolute atomic E-state index is 0.0717. The third-order valence-corrected chi connectivity index (χ3v) is 5.40. The van der Waals surface area contributed by atoms with Crippen LogP contribution in [0, 0.1) is 12.8 Å². The molecular formula is C24H26N4O. The van der Waals surface area contributed by atoms with Gasteiger partial charge in [-0.1, -0.05) is 48.0 Å². The van der Waals surface area contributed by atoms with E-state index in [1.165, 1.54) is 5.56 Å². The molecule has 148 valence electrons. The van der Waals surface area contributed by atoms with Crippen LogP contribution < -0.4 is 9.80 Å². The Morgan fingerprint density at radius 3 is 2.48 bits per heavy atom. The summed E-state index contributed by atoms with van der Waals surface area (Å²) in [6.45, 7) is 4.17. The summed E-state index contributed by atoms with van der Waals surface area (Å²) < 4.78 is 0. The maximum absolute atomic E-state index is 13.6. The van der Waals surface area contributed by atoms with Crippen LogP contribution in [0.15, 0.2) is 73.1 Å². The van der Waals surface area contributed by atoms with E-state index in [4.69, 9.17) is 0 Å². The molecule has 5 nitrogen and oxygen atoms in total. The van der Waals surface area contributed by atoms with Crippen LogP contribution in [-0.4, -0.2) is 29.0 Å². The first-order valence-electron chi connectivity index (χ1n) is 10.1. The molecule has 3 aromatic rings. The molecule has 1 fully saturated rings. The summed E-state index contributed by atoms with van der Waals surface area (Å²) >= 11 is 0. The number of aryl methyl sites for hydroxylation is 1. The summed E-state index contributed by atoms with van der Waals surface area (Å²) in [6.07, 6.45) is 5.35. The first-order valence-corrected chi connectivity index (χ1v) is 10.1. The van der Waals surface area contributed by atoms with Crippen LogP contribution in [0.25, 0.3) is 0 Å². The SMILES string of the molecule is Cc1ccc(N(Cc2ccccc2)C(=O)C2CCCN(c3ncccn3)C2)cc1. The highest BCUT2D eigenvalue weighted by Crippen LogP contribution is 2.26. The average molecular weight is 386 g/mol. The standard InChI is InChI=1S/C24H26N4O/c1-19-10-12-22(13-11-19)28(17-20-7-3-2-4-8-20)23(29)21-9-5-16-27(18-21)24-25-14-6-15-26-24/h2-4,6-8,10-15,21H,5,9,16-18H2,1H3. The summed E-state index contributed by atoms with van der Waals surface area (Å²) in [5, 5.41) is 0. The van der Waals surface area contributed by atoms with Crippen molar-refractivity contribution in [3.8, 4) is 0 Å². The number of rotatable bonds is 5. The lowest BCUT2D eigenvalue weighted by atomic mass is 9.96. The number of nitrogens with zero attached hydrogens (tertiary/aromatic N) is 4. The van der Waals surface area contributed by atoms with Crippen LogP contribution in [0.5, 0.6) is 0 Å². The zero-order valence-corrected chi connectivity index (χ0v) is 16.7. The van der Waals surface area contributed by atoms with Gasteiger partial charge in [-0.3, -0.25) is 4.79 Å². The fourth-order valence-corrected chi connectivity index (χ4v) is 3.82. The van der Waals surface area contributed by atoms with E-state index < -0.39 is 0 Å². The second kappa shape index (κ2) is 8.86. The Bertz CT molecular complexity index is 928. The highest BCUT2D eigenvalue weighted by atomic mass is 16.2. The van der Waals surface area contributed by atoms with E-state index in [2.05, 4.69) is 46.1 Å². The molecular weight excluding hydrogens is 360 g/mol. The molecule has 0 spiro atoms. The zero-order chi connectivity index (χ0) is 20.1. The number of amides is 1. The highest BCUT2D eigenvalue weighted by molar-refractivity contribution is 5.95. The minimum atomic E-state index is -0.0717. The number of benzene rings is 2. The van der Waals surface area contributed by atoms with Gasteiger partial charge in [0.25, 0.3) is 0 Å². The normalized spacial score (nSPS) is 16.4. The molecule has 5 heteroatoms. The molecule has 1 atom stereocenters. The topological polar surface area (TPSA) is 49.3 Å². The lowest BCUT2D eigenvalue weighted by Crippen LogP contribution is -2.45. The van der Waals surface area contributed by atoms with Crippen LogP contribution >= 0.6 is 0 Å². The van der Waals surface area contributed by atoms with E-state index in [9.17, 15) is 4.79 Å². The molecule has 4 rings (SSSR count). The van der Waals surface area contributed by atoms with Gasteiger partial charge in [-0.15, -0.1) is 0 Å². The third kappa shape index (κ3) is 4.62. The Labute approximate surface area is 172 Å². The van der Waals surface area contributed by atoms with Gasteiger partial charge >= 0.3 is 0 Å². The van der Waals surface area contributed by atoms with Crippen LogP contribution in [-0.2, 0) is 11.3 Å². The molecule has 0 bridgehead atoms. The Hall–Kier alpha value is -3.21. The van der Waals surface area contributed by atoms with Crippen molar-refractivity contribution in [1.82, 2.24) is 9.97 Å². The third-order valence-electron chi connectivity index (χ3n) is 5.40. The quantitative estimate of drug-likeness (QED) is 0.658. The smallest absolute Gasteiger partial charge is 0.232 e. The molecule has 2 aromatic carbocycles. The Kier molecular flexibility index (Phi) is 5.84. The monoisotopic (exact) mass is 386 g/mol. The van der Waals surface area contributed by atoms with E-state index >= 15 is 0 Å². The number of carbonyl (C=O) groups excluding carboxylic acids is 1. The molecule has 1 aliphatic heterocycles. The maximum Gasteiger partial charge on any atom is 0.232 e. The van der Waals surface area contributed by atoms with Crippen molar-refractivity contribution in [3.63, 3.8) is 0 Å². The maximum atomic E-state index is 13.6. The fraction of sp³-hybridized carbons (Fsp3) is 0.292. The van der Waals surface area contributed by atoms with Crippen molar-refractivity contribution in [3.05, 3.63) is 84.2 Å². The van der Waals surface area contributed by atoms with E-state index in [0.29, 0.717) is 19.0 Å². The largest absolute Gasteiger partial charge is 0.340 e. The molecule has 0 aliphatic carbocycles. The van der Waals surface area contributed by atoms with Gasteiger partial charge in [0.15, 0.2) is 0 Å². The summed E-state index contributed by atoms with van der Waals surface area (Å²) in [5.41, 5.74) is 3.25. The molecule has 1 unspecified atom stereocenters. The van der Waals surface area contributed by atoms with Gasteiger partial charge in [0.2, 0.25) is 11.9 Å². The Morgan fingerprint density at radius 1 is 1.03 bits per heavy atom. The Morgan fingerprint density at radius 2 is 1.76 bits per heavy atom. The fourth-order valence-electron chi connectivity index (χ4n) is 3.82. The lowest BCUT2D eigenvalue weighted by molar-refractivity contribution is -0.122. The lowest BCUT2D eigenvalue weighted by Gasteiger charge is -2.35. The zero-order valence-electron chi connectivity index (χ0n) is 16.7. The van der Waals surface area contributed by atoms with E-state index in [1.54, 1.807) is 12.4 Å². The number of aromatic nitrogens is 2. The van der Waals surface area contributed by atoms with Gasteiger partial charge in [-0.25, -0.2) is 9.97 Å². The molecule has 1 aliphatic rings. The van der Waals surface area contributed by atoms with Crippen molar-refractivity contribution in [2.75, 3.05) is 22.9 Å². The number of anilines is 2. The first kappa shape index (κ1) is 19.1. The van der Waals surface area contributed by atoms with Gasteiger partial charge in [-0.2, -0.15) is 0 Å². The van der Waals surface area contributed by atoms with Gasteiger partial charge < -0.3 is 9.80 Å². The molecule has 1 saturated heterocycles. The van der Waals surface area contributed by atoms with Crippen molar-refractivity contribution in [1.29, 1.82) is 0 Å². The molecule has 1 amide bonds. The summed E-state index contributed by atoms with van der Waals surface area (Å²) in [7, 11) is 0. The molecule has 1 aromatic heterocycles. The predicted molar refractivity (Wildman–Crippen MR) is 116 cm³/mol. The summed E-state index contributed by atoms with van der Waals surface area (Å²) in [4.78, 5) is 26.4. The van der Waals surface area contributed by atoms with Crippen LogP contribution in [0.3, 0.4) is 0 Å². The van der Waals surface area contributed by atoms with E-state index in [1.807, 2.05) is 41.3 Å². The predicted octanol–water partition coefficient (Wildman–Crippen LogP) is 4.23. The average Bonchev–Trinajstić information content (AvgIpc) is 2.79. The van der Waals surface area contributed by atoms with Crippen LogP contribution in [0.2, 0.25) is 0 Å². The summed E-state index contributed by atoms with van der Waals surface area (Å²) in [5.74, 6) is 0.797. The second-order valence-electron chi connectivity index (χ2n) is 7.58. The van der Waals surface area contributed by atoms with Crippen LogP contribution in [0.1, 0.15) is 24.0 Å². The second-order valence-corrected chi connectivity index (χ2v) is 7.58. The minimum Gasteiger partial charge on any atom is -0.340 e. The first-order chi connectivity index (χ1) is 14.2. The van der Waals surface area contributed by atoms with Crippen molar-refractivity contribution < 1.29 is 4.79 Å². The number of carbonyl (C=O) groups is 1. The van der Waals surface area contributed by atoms with Crippen LogP contribution in [0.4, 0.5) is 11.6 Å². The van der Waals surface area contributed by atoms with Crippen molar-refractivity contribution in [2.45, 2.75) is 26.3 Å². The van der Waals surface area contributed by atoms with E-state index in [-0.39, 0.29) is 11.8 Å². The molecule has 0 saturated carbocycles. The van der Waals surface area contributed by atoms with Gasteiger partial charge in [-0.05, 0) is 43.5 Å². The highest BCUT2D eigenvalue weighted by Gasteiger charge is 2.31. The molecule has 0 N–H and O–H groups in total. The Balaban J connectivity index is 1.57. The van der Waals surface area contributed by atoms with E-state index in [0.717, 1.165) is 30.6 Å². The molecule has 0 radical (unpaired) electrons. The molecule has 2 heterocycles. The van der Waals surface area contributed by atoms with Gasteiger partial charge in [0.05, 0.1) is 12.5 Å². The van der Waals surface area contributed by atoms with Gasteiger partial charge in [0.1, 0.15) is 0 Å². The van der Waals surface area contributed by atoms with Crippen molar-refractivity contribution >= 4 is 17.5 Å². The number of hydrogen-bond acceptors (Lipinski definition) is 4. The number of hydrogen-bond donors (Lipinski definition) is 0. The van der Waals surface area contributed by atoms with Gasteiger partial charge in [0, 0.05) is 31.2 Å². The number of piperidine rings is 1. The van der Waals surface area contributed by atoms with Crippen molar-refractivity contribution in [2.24, 2.45) is 5.92 Å². The molecule has 29 heavy (non-hydrogen) atoms.